The molecule has 0 aromatic heterocycles. The molecule has 4 heteroatoms. The van der Waals surface area contributed by atoms with E-state index in [1.807, 2.05) is 24.3 Å². The standard InChI is InChI=1S/C15H13BrO3/c1-19-15(18)14(10-2-6-12(16)7-3-10)11-4-8-13(17)9-5-11/h2-9,14,17H,1H3. The van der Waals surface area contributed by atoms with Crippen molar-refractivity contribution in [2.24, 2.45) is 0 Å². The molecular weight excluding hydrogens is 308 g/mol. The molecular formula is C15H13BrO3. The number of hydrogen-bond donors (Lipinski definition) is 1. The van der Waals surface area contributed by atoms with E-state index in [0.717, 1.165) is 15.6 Å². The SMILES string of the molecule is COC(=O)C(c1ccc(O)cc1)c1ccc(Br)cc1. The van der Waals surface area contributed by atoms with Crippen molar-refractivity contribution in [3.63, 3.8) is 0 Å². The van der Waals surface area contributed by atoms with Crippen molar-refractivity contribution in [3.05, 3.63) is 64.1 Å². The molecule has 0 saturated heterocycles. The van der Waals surface area contributed by atoms with Gasteiger partial charge in [-0.15, -0.1) is 0 Å². The van der Waals surface area contributed by atoms with Crippen LogP contribution >= 0.6 is 15.9 Å². The average Bonchev–Trinajstić information content (AvgIpc) is 2.43. The smallest absolute Gasteiger partial charge is 0.317 e. The first-order chi connectivity index (χ1) is 9.11. The molecule has 0 saturated carbocycles. The van der Waals surface area contributed by atoms with Gasteiger partial charge in [0.15, 0.2) is 0 Å². The van der Waals surface area contributed by atoms with Crippen LogP contribution < -0.4 is 0 Å². The van der Waals surface area contributed by atoms with Crippen molar-refractivity contribution in [2.75, 3.05) is 7.11 Å². The van der Waals surface area contributed by atoms with E-state index >= 15 is 0 Å². The maximum atomic E-state index is 12.0. The summed E-state index contributed by atoms with van der Waals surface area (Å²) in [6, 6.07) is 14.1. The number of esters is 1. The van der Waals surface area contributed by atoms with Gasteiger partial charge < -0.3 is 9.84 Å². The largest absolute Gasteiger partial charge is 0.508 e. The Hall–Kier alpha value is -1.81. The Labute approximate surface area is 120 Å². The monoisotopic (exact) mass is 320 g/mol. The summed E-state index contributed by atoms with van der Waals surface area (Å²) < 4.78 is 5.82. The Kier molecular flexibility index (Phi) is 4.22. The van der Waals surface area contributed by atoms with E-state index in [0.29, 0.717) is 0 Å². The van der Waals surface area contributed by atoms with Gasteiger partial charge >= 0.3 is 5.97 Å². The number of carbonyl (C=O) groups is 1. The summed E-state index contributed by atoms with van der Waals surface area (Å²) >= 11 is 3.37. The second kappa shape index (κ2) is 5.89. The van der Waals surface area contributed by atoms with Gasteiger partial charge in [0.05, 0.1) is 7.11 Å². The van der Waals surface area contributed by atoms with Gasteiger partial charge in [0.25, 0.3) is 0 Å². The number of aromatic hydroxyl groups is 1. The van der Waals surface area contributed by atoms with Gasteiger partial charge in [0.2, 0.25) is 0 Å². The molecule has 3 nitrogen and oxygen atoms in total. The highest BCUT2D eigenvalue weighted by atomic mass is 79.9. The first-order valence-electron chi connectivity index (χ1n) is 5.74. The Morgan fingerprint density at radius 3 is 2.00 bits per heavy atom. The average molecular weight is 321 g/mol. The van der Waals surface area contributed by atoms with Crippen LogP contribution in [0.3, 0.4) is 0 Å². The number of phenolic OH excluding ortho intramolecular Hbond substituents is 1. The minimum Gasteiger partial charge on any atom is -0.508 e. The molecule has 19 heavy (non-hydrogen) atoms. The van der Waals surface area contributed by atoms with Crippen molar-refractivity contribution in [2.45, 2.75) is 5.92 Å². The topological polar surface area (TPSA) is 46.5 Å². The molecule has 1 atom stereocenters. The second-order valence-corrected chi connectivity index (χ2v) is 5.01. The van der Waals surface area contributed by atoms with Gasteiger partial charge in [0, 0.05) is 4.47 Å². The molecule has 0 aliphatic carbocycles. The molecule has 0 fully saturated rings. The van der Waals surface area contributed by atoms with Crippen LogP contribution in [0.15, 0.2) is 53.0 Å². The van der Waals surface area contributed by atoms with Gasteiger partial charge in [-0.2, -0.15) is 0 Å². The summed E-state index contributed by atoms with van der Waals surface area (Å²) in [6.45, 7) is 0. The predicted octanol–water partition coefficient (Wildman–Crippen LogP) is 3.46. The fraction of sp³-hybridized carbons (Fsp3) is 0.133. The van der Waals surface area contributed by atoms with Crippen molar-refractivity contribution < 1.29 is 14.6 Å². The zero-order valence-electron chi connectivity index (χ0n) is 10.3. The van der Waals surface area contributed by atoms with Crippen molar-refractivity contribution >= 4 is 21.9 Å². The number of hydrogen-bond acceptors (Lipinski definition) is 3. The first kappa shape index (κ1) is 13.6. The van der Waals surface area contributed by atoms with Crippen LogP contribution in [0.5, 0.6) is 5.75 Å². The summed E-state index contributed by atoms with van der Waals surface area (Å²) in [7, 11) is 1.37. The third-order valence-electron chi connectivity index (χ3n) is 2.87. The Morgan fingerprint density at radius 1 is 1.05 bits per heavy atom. The highest BCUT2D eigenvalue weighted by molar-refractivity contribution is 9.10. The molecule has 0 amide bonds. The number of halogens is 1. The lowest BCUT2D eigenvalue weighted by Gasteiger charge is -2.15. The molecule has 0 aliphatic rings. The summed E-state index contributed by atoms with van der Waals surface area (Å²) in [5.74, 6) is -0.644. The van der Waals surface area contributed by atoms with Crippen molar-refractivity contribution in [3.8, 4) is 5.75 Å². The molecule has 0 radical (unpaired) electrons. The third kappa shape index (κ3) is 3.15. The van der Waals surface area contributed by atoms with E-state index in [1.54, 1.807) is 24.3 Å². The summed E-state index contributed by atoms with van der Waals surface area (Å²) in [4.78, 5) is 12.0. The Morgan fingerprint density at radius 2 is 1.53 bits per heavy atom. The lowest BCUT2D eigenvalue weighted by atomic mass is 9.91. The van der Waals surface area contributed by atoms with E-state index in [4.69, 9.17) is 4.74 Å². The summed E-state index contributed by atoms with van der Waals surface area (Å²) in [5.41, 5.74) is 1.63. The number of ether oxygens (including phenoxy) is 1. The minimum atomic E-state index is -0.487. The van der Waals surface area contributed by atoms with Crippen LogP contribution in [-0.2, 0) is 9.53 Å². The molecule has 2 aromatic carbocycles. The Balaban J connectivity index is 2.44. The zero-order chi connectivity index (χ0) is 13.8. The van der Waals surface area contributed by atoms with Crippen LogP contribution in [0.25, 0.3) is 0 Å². The van der Waals surface area contributed by atoms with Crippen LogP contribution in [0.1, 0.15) is 17.0 Å². The minimum absolute atomic E-state index is 0.170. The number of carbonyl (C=O) groups excluding carboxylic acids is 1. The molecule has 2 aromatic rings. The van der Waals surface area contributed by atoms with E-state index in [9.17, 15) is 9.90 Å². The summed E-state index contributed by atoms with van der Waals surface area (Å²) in [6.07, 6.45) is 0. The van der Waals surface area contributed by atoms with E-state index in [-0.39, 0.29) is 11.7 Å². The predicted molar refractivity (Wildman–Crippen MR) is 76.1 cm³/mol. The van der Waals surface area contributed by atoms with Gasteiger partial charge in [-0.05, 0) is 35.4 Å². The Bertz CT molecular complexity index is 515. The zero-order valence-corrected chi connectivity index (χ0v) is 11.9. The highest BCUT2D eigenvalue weighted by Gasteiger charge is 2.23. The van der Waals surface area contributed by atoms with Crippen molar-refractivity contribution in [1.29, 1.82) is 0 Å². The normalized spacial score (nSPS) is 11.9. The van der Waals surface area contributed by atoms with Gasteiger partial charge in [-0.3, -0.25) is 4.79 Å². The molecule has 1 unspecified atom stereocenters. The molecule has 0 aliphatic heterocycles. The van der Waals surface area contributed by atoms with Crippen LogP contribution in [-0.4, -0.2) is 18.2 Å². The fourth-order valence-corrected chi connectivity index (χ4v) is 2.17. The quantitative estimate of drug-likeness (QED) is 0.881. The highest BCUT2D eigenvalue weighted by Crippen LogP contribution is 2.28. The van der Waals surface area contributed by atoms with Gasteiger partial charge in [-0.1, -0.05) is 40.2 Å². The van der Waals surface area contributed by atoms with Crippen molar-refractivity contribution in [1.82, 2.24) is 0 Å². The lowest BCUT2D eigenvalue weighted by Crippen LogP contribution is -2.15. The molecule has 0 heterocycles. The molecule has 1 N–H and O–H groups in total. The number of phenols is 1. The maximum Gasteiger partial charge on any atom is 0.317 e. The van der Waals surface area contributed by atoms with Gasteiger partial charge in [-0.25, -0.2) is 0 Å². The molecule has 0 bridgehead atoms. The van der Waals surface area contributed by atoms with E-state index < -0.39 is 5.92 Å². The maximum absolute atomic E-state index is 12.0. The molecule has 2 rings (SSSR count). The molecule has 0 spiro atoms. The van der Waals surface area contributed by atoms with E-state index in [2.05, 4.69) is 15.9 Å². The first-order valence-corrected chi connectivity index (χ1v) is 6.53. The second-order valence-electron chi connectivity index (χ2n) is 4.10. The molecule has 98 valence electrons. The van der Waals surface area contributed by atoms with Gasteiger partial charge in [0.1, 0.15) is 11.7 Å². The van der Waals surface area contributed by atoms with Crippen LogP contribution in [0.2, 0.25) is 0 Å². The number of rotatable bonds is 3. The van der Waals surface area contributed by atoms with E-state index in [1.165, 1.54) is 7.11 Å². The fourth-order valence-electron chi connectivity index (χ4n) is 1.90. The third-order valence-corrected chi connectivity index (χ3v) is 3.40. The summed E-state index contributed by atoms with van der Waals surface area (Å²) in [5, 5.41) is 9.32. The van der Waals surface area contributed by atoms with Crippen LogP contribution in [0, 0.1) is 0 Å². The number of methoxy groups -OCH3 is 1. The van der Waals surface area contributed by atoms with Crippen LogP contribution in [0.4, 0.5) is 0 Å². The lowest BCUT2D eigenvalue weighted by molar-refractivity contribution is -0.141. The number of benzene rings is 2.